The van der Waals surface area contributed by atoms with Crippen LogP contribution < -0.4 is 5.73 Å². The van der Waals surface area contributed by atoms with Gasteiger partial charge in [-0.15, -0.1) is 0 Å². The Labute approximate surface area is 204 Å². The largest absolute Gasteiger partial charge is 0.366 e. The highest BCUT2D eigenvalue weighted by atomic mass is 16.1. The number of amides is 1. The lowest BCUT2D eigenvalue weighted by molar-refractivity contribution is 0.100. The molecule has 0 bridgehead atoms. The molecule has 35 heavy (non-hydrogen) atoms. The van der Waals surface area contributed by atoms with Crippen LogP contribution in [0, 0.1) is 0 Å². The van der Waals surface area contributed by atoms with E-state index in [0.29, 0.717) is 12.1 Å². The van der Waals surface area contributed by atoms with Gasteiger partial charge in [0, 0.05) is 22.9 Å². The first kappa shape index (κ1) is 20.9. The number of primary amides is 1. The van der Waals surface area contributed by atoms with E-state index in [1.807, 2.05) is 24.3 Å². The molecule has 3 nitrogen and oxygen atoms in total. The maximum atomic E-state index is 12.4. The van der Waals surface area contributed by atoms with E-state index in [2.05, 4.69) is 102 Å². The SMILES string of the molecule is NC(=O)c1cccc2c1c1ccc(-c3ccccc3)cc1n2Cc1ccccc1-c1ccccc1. The third kappa shape index (κ3) is 3.68. The maximum absolute atomic E-state index is 12.4. The molecular weight excluding hydrogens is 428 g/mol. The highest BCUT2D eigenvalue weighted by Crippen LogP contribution is 2.36. The molecule has 0 fully saturated rings. The second-order valence-corrected chi connectivity index (χ2v) is 8.77. The van der Waals surface area contributed by atoms with Crippen molar-refractivity contribution in [1.82, 2.24) is 4.57 Å². The Hall–Kier alpha value is -4.63. The monoisotopic (exact) mass is 452 g/mol. The van der Waals surface area contributed by atoms with E-state index in [4.69, 9.17) is 5.73 Å². The molecule has 0 aliphatic heterocycles. The Morgan fingerprint density at radius 2 is 1.31 bits per heavy atom. The molecule has 6 aromatic rings. The number of nitrogens with zero attached hydrogens (tertiary/aromatic N) is 1. The summed E-state index contributed by atoms with van der Waals surface area (Å²) in [5, 5.41) is 1.94. The molecule has 168 valence electrons. The fourth-order valence-electron chi connectivity index (χ4n) is 5.06. The van der Waals surface area contributed by atoms with Gasteiger partial charge >= 0.3 is 0 Å². The number of hydrogen-bond acceptors (Lipinski definition) is 1. The molecule has 1 aromatic heterocycles. The zero-order valence-electron chi connectivity index (χ0n) is 19.2. The van der Waals surface area contributed by atoms with Gasteiger partial charge in [-0.3, -0.25) is 4.79 Å². The van der Waals surface area contributed by atoms with Crippen molar-refractivity contribution in [2.45, 2.75) is 6.54 Å². The Bertz CT molecular complexity index is 1680. The summed E-state index contributed by atoms with van der Waals surface area (Å²) >= 11 is 0. The van der Waals surface area contributed by atoms with Crippen molar-refractivity contribution in [2.75, 3.05) is 0 Å². The number of benzene rings is 5. The van der Waals surface area contributed by atoms with Crippen molar-refractivity contribution < 1.29 is 4.79 Å². The summed E-state index contributed by atoms with van der Waals surface area (Å²) in [7, 11) is 0. The van der Waals surface area contributed by atoms with E-state index in [0.717, 1.165) is 32.9 Å². The van der Waals surface area contributed by atoms with Gasteiger partial charge in [-0.2, -0.15) is 0 Å². The van der Waals surface area contributed by atoms with Crippen molar-refractivity contribution in [3.8, 4) is 22.3 Å². The van der Waals surface area contributed by atoms with Crippen LogP contribution in [0.5, 0.6) is 0 Å². The lowest BCUT2D eigenvalue weighted by atomic mass is 9.99. The van der Waals surface area contributed by atoms with Crippen LogP contribution >= 0.6 is 0 Å². The van der Waals surface area contributed by atoms with E-state index >= 15 is 0 Å². The Kier molecular flexibility index (Phi) is 5.16. The Morgan fingerprint density at radius 3 is 2.06 bits per heavy atom. The van der Waals surface area contributed by atoms with Crippen LogP contribution in [0.25, 0.3) is 44.1 Å². The Balaban J connectivity index is 1.62. The first-order chi connectivity index (χ1) is 17.2. The minimum absolute atomic E-state index is 0.411. The van der Waals surface area contributed by atoms with Crippen LogP contribution in [-0.2, 0) is 6.54 Å². The predicted octanol–water partition coefficient (Wildman–Crippen LogP) is 7.28. The van der Waals surface area contributed by atoms with Gasteiger partial charge in [0.15, 0.2) is 0 Å². The smallest absolute Gasteiger partial charge is 0.249 e. The third-order valence-electron chi connectivity index (χ3n) is 6.69. The minimum Gasteiger partial charge on any atom is -0.366 e. The Morgan fingerprint density at radius 1 is 0.629 bits per heavy atom. The number of carbonyl (C=O) groups excluding carboxylic acids is 1. The second kappa shape index (κ2) is 8.62. The average molecular weight is 453 g/mol. The van der Waals surface area contributed by atoms with Gasteiger partial charge in [-0.05, 0) is 46.0 Å². The van der Waals surface area contributed by atoms with Crippen molar-refractivity contribution in [3.05, 3.63) is 132 Å². The molecule has 0 saturated carbocycles. The normalized spacial score (nSPS) is 11.2. The number of carbonyl (C=O) groups is 1. The number of aromatic nitrogens is 1. The minimum atomic E-state index is -0.411. The zero-order valence-corrected chi connectivity index (χ0v) is 19.2. The number of rotatable bonds is 5. The molecule has 6 rings (SSSR count). The summed E-state index contributed by atoms with van der Waals surface area (Å²) in [6.45, 7) is 0.672. The van der Waals surface area contributed by atoms with Gasteiger partial charge in [0.2, 0.25) is 5.91 Å². The van der Waals surface area contributed by atoms with Crippen LogP contribution in [0.1, 0.15) is 15.9 Å². The van der Waals surface area contributed by atoms with Crippen LogP contribution in [0.4, 0.5) is 0 Å². The van der Waals surface area contributed by atoms with E-state index in [1.54, 1.807) is 0 Å². The third-order valence-corrected chi connectivity index (χ3v) is 6.69. The molecule has 3 heteroatoms. The summed E-state index contributed by atoms with van der Waals surface area (Å²) in [6, 6.07) is 41.6. The molecule has 2 N–H and O–H groups in total. The van der Waals surface area contributed by atoms with Crippen LogP contribution in [-0.4, -0.2) is 10.5 Å². The van der Waals surface area contributed by atoms with E-state index in [1.165, 1.54) is 16.7 Å². The highest BCUT2D eigenvalue weighted by Gasteiger charge is 2.18. The van der Waals surface area contributed by atoms with Gasteiger partial charge in [-0.1, -0.05) is 103 Å². The maximum Gasteiger partial charge on any atom is 0.249 e. The van der Waals surface area contributed by atoms with Crippen LogP contribution in [0.3, 0.4) is 0 Å². The van der Waals surface area contributed by atoms with Crippen LogP contribution in [0.15, 0.2) is 121 Å². The van der Waals surface area contributed by atoms with Crippen LogP contribution in [0.2, 0.25) is 0 Å². The molecule has 1 amide bonds. The molecule has 0 aliphatic rings. The van der Waals surface area contributed by atoms with Gasteiger partial charge < -0.3 is 10.3 Å². The van der Waals surface area contributed by atoms with Gasteiger partial charge in [0.25, 0.3) is 0 Å². The average Bonchev–Trinajstić information content (AvgIpc) is 3.23. The first-order valence-corrected chi connectivity index (χ1v) is 11.7. The number of hydrogen-bond donors (Lipinski definition) is 1. The van der Waals surface area contributed by atoms with Gasteiger partial charge in [-0.25, -0.2) is 0 Å². The molecular formula is C32H24N2O. The molecule has 0 spiro atoms. The van der Waals surface area contributed by atoms with Gasteiger partial charge in [0.1, 0.15) is 0 Å². The summed E-state index contributed by atoms with van der Waals surface area (Å²) in [6.07, 6.45) is 0. The van der Waals surface area contributed by atoms with Gasteiger partial charge in [0.05, 0.1) is 11.0 Å². The van der Waals surface area contributed by atoms with Crippen molar-refractivity contribution >= 4 is 27.7 Å². The quantitative estimate of drug-likeness (QED) is 0.294. The van der Waals surface area contributed by atoms with E-state index < -0.39 is 5.91 Å². The summed E-state index contributed by atoms with van der Waals surface area (Å²) in [4.78, 5) is 12.4. The summed E-state index contributed by atoms with van der Waals surface area (Å²) in [5.74, 6) is -0.411. The van der Waals surface area contributed by atoms with Crippen molar-refractivity contribution in [2.24, 2.45) is 5.73 Å². The fourth-order valence-corrected chi connectivity index (χ4v) is 5.06. The van der Waals surface area contributed by atoms with Crippen molar-refractivity contribution in [1.29, 1.82) is 0 Å². The first-order valence-electron chi connectivity index (χ1n) is 11.7. The standard InChI is InChI=1S/C32H24N2O/c33-32(35)28-16-9-17-29-31(28)27-19-18-24(22-10-3-1-4-11-22)20-30(27)34(29)21-25-14-7-8-15-26(25)23-12-5-2-6-13-23/h1-20H,21H2,(H2,33,35). The molecule has 0 unspecified atom stereocenters. The van der Waals surface area contributed by atoms with E-state index in [-0.39, 0.29) is 0 Å². The zero-order chi connectivity index (χ0) is 23.8. The lowest BCUT2D eigenvalue weighted by Gasteiger charge is -2.13. The topological polar surface area (TPSA) is 48.0 Å². The molecule has 0 aliphatic carbocycles. The lowest BCUT2D eigenvalue weighted by Crippen LogP contribution is -2.11. The number of fused-ring (bicyclic) bond motifs is 3. The highest BCUT2D eigenvalue weighted by molar-refractivity contribution is 6.18. The van der Waals surface area contributed by atoms with Crippen molar-refractivity contribution in [3.63, 3.8) is 0 Å². The molecule has 0 radical (unpaired) electrons. The molecule has 0 atom stereocenters. The summed E-state index contributed by atoms with van der Waals surface area (Å²) in [5.41, 5.74) is 14.3. The summed E-state index contributed by atoms with van der Waals surface area (Å²) < 4.78 is 2.31. The van der Waals surface area contributed by atoms with E-state index in [9.17, 15) is 4.79 Å². The fraction of sp³-hybridized carbons (Fsp3) is 0.0312. The molecule has 1 heterocycles. The molecule has 0 saturated heterocycles. The predicted molar refractivity (Wildman–Crippen MR) is 144 cm³/mol. The molecule has 5 aromatic carbocycles. The number of nitrogens with two attached hydrogens (primary N) is 1. The second-order valence-electron chi connectivity index (χ2n) is 8.77.